The standard InChI is InChI=1S/C19H13BrClN3OS2/c1-11-7-13(21)8-15-17(11)23-19(27-15)24(10-12-3-2-6-22-9-12)18(25)14-4-5-16(20)26-14/h2-9H,10H2,1H3. The van der Waals surface area contributed by atoms with E-state index in [-0.39, 0.29) is 5.91 Å². The first kappa shape index (κ1) is 18.6. The van der Waals surface area contributed by atoms with E-state index in [4.69, 9.17) is 16.6 Å². The molecule has 4 aromatic rings. The monoisotopic (exact) mass is 477 g/mol. The molecule has 0 aliphatic carbocycles. The molecule has 1 aromatic carbocycles. The Morgan fingerprint density at radius 2 is 2.11 bits per heavy atom. The lowest BCUT2D eigenvalue weighted by molar-refractivity contribution is 0.0989. The first-order valence-corrected chi connectivity index (χ1v) is 10.8. The second-order valence-corrected chi connectivity index (χ2v) is 9.83. The molecule has 0 unspecified atom stereocenters. The van der Waals surface area contributed by atoms with Crippen molar-refractivity contribution in [2.24, 2.45) is 0 Å². The summed E-state index contributed by atoms with van der Waals surface area (Å²) in [5.74, 6) is -0.0858. The second kappa shape index (κ2) is 7.67. The molecule has 0 fully saturated rings. The van der Waals surface area contributed by atoms with Gasteiger partial charge in [-0.2, -0.15) is 0 Å². The molecule has 0 aliphatic rings. The highest BCUT2D eigenvalue weighted by Gasteiger charge is 2.23. The van der Waals surface area contributed by atoms with Crippen LogP contribution in [0.4, 0.5) is 5.13 Å². The van der Waals surface area contributed by atoms with Crippen molar-refractivity contribution in [3.05, 3.63) is 73.6 Å². The number of anilines is 1. The van der Waals surface area contributed by atoms with E-state index in [1.54, 1.807) is 17.3 Å². The first-order valence-electron chi connectivity index (χ1n) is 8.04. The van der Waals surface area contributed by atoms with Crippen LogP contribution in [0, 0.1) is 6.92 Å². The van der Waals surface area contributed by atoms with Crippen LogP contribution in [-0.4, -0.2) is 15.9 Å². The van der Waals surface area contributed by atoms with Crippen molar-refractivity contribution < 1.29 is 4.79 Å². The van der Waals surface area contributed by atoms with Crippen LogP contribution >= 0.6 is 50.2 Å². The maximum atomic E-state index is 13.2. The number of pyridine rings is 1. The molecule has 0 saturated heterocycles. The van der Waals surface area contributed by atoms with Crippen molar-refractivity contribution >= 4 is 71.5 Å². The van der Waals surface area contributed by atoms with Crippen LogP contribution in [0.5, 0.6) is 0 Å². The Balaban J connectivity index is 1.79. The lowest BCUT2D eigenvalue weighted by atomic mass is 10.2. The molecule has 3 heterocycles. The molecular formula is C19H13BrClN3OS2. The average Bonchev–Trinajstić information content (AvgIpc) is 3.26. The molecule has 136 valence electrons. The van der Waals surface area contributed by atoms with Crippen LogP contribution in [0.2, 0.25) is 5.02 Å². The minimum absolute atomic E-state index is 0.0858. The third kappa shape index (κ3) is 3.91. The number of benzene rings is 1. The number of rotatable bonds is 4. The molecule has 0 N–H and O–H groups in total. The number of carbonyl (C=O) groups excluding carboxylic acids is 1. The molecule has 1 amide bonds. The zero-order valence-corrected chi connectivity index (χ0v) is 18.1. The number of nitrogens with zero attached hydrogens (tertiary/aromatic N) is 3. The summed E-state index contributed by atoms with van der Waals surface area (Å²) in [7, 11) is 0. The minimum atomic E-state index is -0.0858. The van der Waals surface area contributed by atoms with E-state index in [1.807, 2.05) is 43.3 Å². The predicted octanol–water partition coefficient (Wildman–Crippen LogP) is 6.32. The molecule has 0 saturated carbocycles. The molecule has 4 rings (SSSR count). The summed E-state index contributed by atoms with van der Waals surface area (Å²) >= 11 is 12.5. The molecule has 0 aliphatic heterocycles. The Hall–Kier alpha value is -1.80. The highest BCUT2D eigenvalue weighted by molar-refractivity contribution is 9.11. The molecule has 0 spiro atoms. The van der Waals surface area contributed by atoms with E-state index >= 15 is 0 Å². The number of aromatic nitrogens is 2. The highest BCUT2D eigenvalue weighted by Crippen LogP contribution is 2.35. The van der Waals surface area contributed by atoms with E-state index in [2.05, 4.69) is 20.9 Å². The molecule has 0 radical (unpaired) electrons. The molecule has 0 bridgehead atoms. The van der Waals surface area contributed by atoms with Gasteiger partial charge < -0.3 is 0 Å². The van der Waals surface area contributed by atoms with E-state index in [9.17, 15) is 4.79 Å². The summed E-state index contributed by atoms with van der Waals surface area (Å²) in [4.78, 5) is 24.5. The number of carbonyl (C=O) groups is 1. The summed E-state index contributed by atoms with van der Waals surface area (Å²) < 4.78 is 1.88. The van der Waals surface area contributed by atoms with Crippen LogP contribution in [0.25, 0.3) is 10.2 Å². The van der Waals surface area contributed by atoms with Crippen LogP contribution < -0.4 is 4.90 Å². The van der Waals surface area contributed by atoms with Gasteiger partial charge in [0.2, 0.25) is 0 Å². The first-order chi connectivity index (χ1) is 13.0. The SMILES string of the molecule is Cc1cc(Cl)cc2sc(N(Cc3cccnc3)C(=O)c3ccc(Br)s3)nc12. The zero-order chi connectivity index (χ0) is 19.0. The van der Waals surface area contributed by atoms with Gasteiger partial charge in [0.05, 0.1) is 25.4 Å². The Morgan fingerprint density at radius 1 is 1.26 bits per heavy atom. The van der Waals surface area contributed by atoms with Gasteiger partial charge in [0.25, 0.3) is 5.91 Å². The normalized spacial score (nSPS) is 11.1. The number of thiazole rings is 1. The van der Waals surface area contributed by atoms with Gasteiger partial charge in [0.1, 0.15) is 0 Å². The largest absolute Gasteiger partial charge is 0.279 e. The van der Waals surface area contributed by atoms with Crippen molar-refractivity contribution in [1.29, 1.82) is 0 Å². The molecule has 0 atom stereocenters. The van der Waals surface area contributed by atoms with Crippen molar-refractivity contribution in [2.75, 3.05) is 4.90 Å². The summed E-state index contributed by atoms with van der Waals surface area (Å²) in [6.07, 6.45) is 3.48. The molecule has 3 aromatic heterocycles. The van der Waals surface area contributed by atoms with Crippen molar-refractivity contribution in [2.45, 2.75) is 13.5 Å². The van der Waals surface area contributed by atoms with E-state index in [0.717, 1.165) is 25.1 Å². The summed E-state index contributed by atoms with van der Waals surface area (Å²) in [5, 5.41) is 1.32. The van der Waals surface area contributed by atoms with Gasteiger partial charge in [-0.1, -0.05) is 29.0 Å². The van der Waals surface area contributed by atoms with Crippen LogP contribution in [-0.2, 0) is 6.54 Å². The van der Waals surface area contributed by atoms with Crippen molar-refractivity contribution in [1.82, 2.24) is 9.97 Å². The van der Waals surface area contributed by atoms with Crippen molar-refractivity contribution in [3.8, 4) is 0 Å². The maximum Gasteiger partial charge on any atom is 0.270 e. The van der Waals surface area contributed by atoms with Gasteiger partial charge in [-0.3, -0.25) is 14.7 Å². The minimum Gasteiger partial charge on any atom is -0.279 e. The van der Waals surface area contributed by atoms with Crippen molar-refractivity contribution in [3.63, 3.8) is 0 Å². The summed E-state index contributed by atoms with van der Waals surface area (Å²) in [6.45, 7) is 2.37. The Morgan fingerprint density at radius 3 is 2.81 bits per heavy atom. The lowest BCUT2D eigenvalue weighted by Crippen LogP contribution is -2.29. The smallest absolute Gasteiger partial charge is 0.270 e. The van der Waals surface area contributed by atoms with Gasteiger partial charge >= 0.3 is 0 Å². The predicted molar refractivity (Wildman–Crippen MR) is 116 cm³/mol. The van der Waals surface area contributed by atoms with Gasteiger partial charge in [-0.25, -0.2) is 4.98 Å². The number of hydrogen-bond acceptors (Lipinski definition) is 5. The summed E-state index contributed by atoms with van der Waals surface area (Å²) in [6, 6.07) is 11.3. The Bertz CT molecular complexity index is 1130. The number of fused-ring (bicyclic) bond motifs is 1. The quantitative estimate of drug-likeness (QED) is 0.344. The second-order valence-electron chi connectivity index (χ2n) is 5.92. The molecule has 8 heteroatoms. The third-order valence-electron chi connectivity index (χ3n) is 3.96. The number of hydrogen-bond donors (Lipinski definition) is 0. The number of aryl methyl sites for hydroxylation is 1. The fourth-order valence-electron chi connectivity index (χ4n) is 2.72. The molecular weight excluding hydrogens is 466 g/mol. The van der Waals surface area contributed by atoms with Gasteiger partial charge in [-0.15, -0.1) is 11.3 Å². The third-order valence-corrected chi connectivity index (χ3v) is 6.82. The van der Waals surface area contributed by atoms with E-state index < -0.39 is 0 Å². The Labute approximate surface area is 177 Å². The van der Waals surface area contributed by atoms with E-state index in [1.165, 1.54) is 22.7 Å². The van der Waals surface area contributed by atoms with Crippen LogP contribution in [0.1, 0.15) is 20.8 Å². The average molecular weight is 479 g/mol. The van der Waals surface area contributed by atoms with E-state index in [0.29, 0.717) is 21.6 Å². The van der Waals surface area contributed by atoms with Gasteiger partial charge in [0, 0.05) is 17.4 Å². The Kier molecular flexibility index (Phi) is 5.27. The fourth-order valence-corrected chi connectivity index (χ4v) is 5.47. The summed E-state index contributed by atoms with van der Waals surface area (Å²) in [5.41, 5.74) is 2.80. The van der Waals surface area contributed by atoms with Crippen LogP contribution in [0.15, 0.2) is 52.6 Å². The maximum absolute atomic E-state index is 13.2. The number of amides is 1. The lowest BCUT2D eigenvalue weighted by Gasteiger charge is -2.19. The highest BCUT2D eigenvalue weighted by atomic mass is 79.9. The molecule has 4 nitrogen and oxygen atoms in total. The fraction of sp³-hybridized carbons (Fsp3) is 0.105. The molecule has 27 heavy (non-hydrogen) atoms. The van der Waals surface area contributed by atoms with Crippen LogP contribution in [0.3, 0.4) is 0 Å². The van der Waals surface area contributed by atoms with Gasteiger partial charge in [0.15, 0.2) is 5.13 Å². The number of halogens is 2. The van der Waals surface area contributed by atoms with Gasteiger partial charge in [-0.05, 0) is 64.3 Å². The number of thiophene rings is 1. The topological polar surface area (TPSA) is 46.1 Å². The zero-order valence-electron chi connectivity index (χ0n) is 14.1.